The molecule has 1 aliphatic rings. The number of nitrogens with one attached hydrogen (secondary N) is 1. The Labute approximate surface area is 103 Å². The first kappa shape index (κ1) is 12.2. The van der Waals surface area contributed by atoms with Crippen LogP contribution >= 0.6 is 0 Å². The number of aromatic carboxylic acids is 1. The Morgan fingerprint density at radius 3 is 2.72 bits per heavy atom. The van der Waals surface area contributed by atoms with Crippen molar-refractivity contribution in [2.75, 3.05) is 5.32 Å². The van der Waals surface area contributed by atoms with Crippen molar-refractivity contribution >= 4 is 17.6 Å². The summed E-state index contributed by atoms with van der Waals surface area (Å²) in [7, 11) is 0. The predicted molar refractivity (Wildman–Crippen MR) is 63.2 cm³/mol. The van der Waals surface area contributed by atoms with Gasteiger partial charge in [-0.2, -0.15) is 0 Å². The molecule has 0 radical (unpaired) electrons. The second-order valence-electron chi connectivity index (χ2n) is 4.20. The summed E-state index contributed by atoms with van der Waals surface area (Å²) in [5.74, 6) is -1.47. The highest BCUT2D eigenvalue weighted by Gasteiger charge is 2.28. The molecular weight excluding hydrogens is 238 g/mol. The van der Waals surface area contributed by atoms with Crippen molar-refractivity contribution in [1.82, 2.24) is 0 Å². The quantitative estimate of drug-likeness (QED) is 0.751. The maximum atomic E-state index is 10.8. The van der Waals surface area contributed by atoms with E-state index in [0.29, 0.717) is 11.4 Å². The molecule has 2 unspecified atom stereocenters. The standard InChI is InChI=1S/C12H13NO5/c1-6-10(5-11(14)15)18-9-3-2-7(12(16)17)4-8(9)13-6/h2-4,6,10,13H,5H2,1H3,(H,14,15)(H,16,17). The van der Waals surface area contributed by atoms with Crippen LogP contribution in [0.5, 0.6) is 5.75 Å². The summed E-state index contributed by atoms with van der Waals surface area (Å²) in [5, 5.41) is 20.7. The van der Waals surface area contributed by atoms with Crippen LogP contribution in [-0.4, -0.2) is 34.3 Å². The molecule has 2 atom stereocenters. The molecule has 96 valence electrons. The van der Waals surface area contributed by atoms with Gasteiger partial charge >= 0.3 is 11.9 Å². The van der Waals surface area contributed by atoms with Gasteiger partial charge in [0.2, 0.25) is 0 Å². The van der Waals surface area contributed by atoms with Crippen molar-refractivity contribution < 1.29 is 24.5 Å². The Morgan fingerprint density at radius 1 is 1.39 bits per heavy atom. The first-order valence-corrected chi connectivity index (χ1v) is 5.49. The van der Waals surface area contributed by atoms with E-state index >= 15 is 0 Å². The van der Waals surface area contributed by atoms with Gasteiger partial charge in [0, 0.05) is 0 Å². The van der Waals surface area contributed by atoms with Crippen molar-refractivity contribution in [3.05, 3.63) is 23.8 Å². The zero-order chi connectivity index (χ0) is 13.3. The third kappa shape index (κ3) is 2.37. The number of benzene rings is 1. The van der Waals surface area contributed by atoms with Crippen LogP contribution in [0.4, 0.5) is 5.69 Å². The molecule has 0 amide bonds. The maximum absolute atomic E-state index is 10.8. The Morgan fingerprint density at radius 2 is 2.11 bits per heavy atom. The third-order valence-electron chi connectivity index (χ3n) is 2.82. The first-order chi connectivity index (χ1) is 8.47. The van der Waals surface area contributed by atoms with E-state index in [1.165, 1.54) is 18.2 Å². The molecule has 2 rings (SSSR count). The van der Waals surface area contributed by atoms with Crippen LogP contribution in [0.15, 0.2) is 18.2 Å². The summed E-state index contributed by atoms with van der Waals surface area (Å²) in [6.45, 7) is 1.80. The van der Waals surface area contributed by atoms with E-state index in [1.54, 1.807) is 6.92 Å². The van der Waals surface area contributed by atoms with E-state index in [0.717, 1.165) is 0 Å². The molecule has 18 heavy (non-hydrogen) atoms. The molecule has 0 saturated carbocycles. The second kappa shape index (κ2) is 4.56. The SMILES string of the molecule is CC1Nc2cc(C(=O)O)ccc2OC1CC(=O)O. The van der Waals surface area contributed by atoms with Crippen LogP contribution in [0.3, 0.4) is 0 Å². The third-order valence-corrected chi connectivity index (χ3v) is 2.82. The minimum absolute atomic E-state index is 0.103. The van der Waals surface area contributed by atoms with Gasteiger partial charge in [0.25, 0.3) is 0 Å². The number of fused-ring (bicyclic) bond motifs is 1. The summed E-state index contributed by atoms with van der Waals surface area (Å²) in [4.78, 5) is 21.5. The zero-order valence-electron chi connectivity index (χ0n) is 9.71. The highest BCUT2D eigenvalue weighted by molar-refractivity contribution is 5.89. The molecule has 0 fully saturated rings. The number of carboxylic acid groups (broad SMARTS) is 2. The Hall–Kier alpha value is -2.24. The normalized spacial score (nSPS) is 21.4. The number of hydrogen-bond donors (Lipinski definition) is 3. The van der Waals surface area contributed by atoms with Gasteiger partial charge in [-0.3, -0.25) is 4.79 Å². The summed E-state index contributed by atoms with van der Waals surface area (Å²) in [6, 6.07) is 4.24. The Kier molecular flexibility index (Phi) is 3.10. The zero-order valence-corrected chi connectivity index (χ0v) is 9.71. The number of anilines is 1. The molecule has 6 heteroatoms. The number of carbonyl (C=O) groups is 2. The molecule has 1 heterocycles. The van der Waals surface area contributed by atoms with Gasteiger partial charge in [0.05, 0.1) is 23.7 Å². The molecule has 0 spiro atoms. The van der Waals surface area contributed by atoms with Gasteiger partial charge in [-0.15, -0.1) is 0 Å². The summed E-state index contributed by atoms with van der Waals surface area (Å²) < 4.78 is 5.55. The molecular formula is C12H13NO5. The van der Waals surface area contributed by atoms with Gasteiger partial charge in [0.15, 0.2) is 0 Å². The molecule has 0 saturated heterocycles. The maximum Gasteiger partial charge on any atom is 0.335 e. The summed E-state index contributed by atoms with van der Waals surface area (Å²) in [6.07, 6.45) is -0.570. The molecule has 0 aliphatic carbocycles. The van der Waals surface area contributed by atoms with Crippen LogP contribution in [0.2, 0.25) is 0 Å². The highest BCUT2D eigenvalue weighted by Crippen LogP contribution is 2.33. The van der Waals surface area contributed by atoms with Crippen LogP contribution in [0.1, 0.15) is 23.7 Å². The largest absolute Gasteiger partial charge is 0.486 e. The number of carboxylic acids is 2. The lowest BCUT2D eigenvalue weighted by Crippen LogP contribution is -2.40. The predicted octanol–water partition coefficient (Wildman–Crippen LogP) is 1.42. The monoisotopic (exact) mass is 251 g/mol. The fourth-order valence-electron chi connectivity index (χ4n) is 1.87. The average molecular weight is 251 g/mol. The molecule has 1 aromatic carbocycles. The minimum atomic E-state index is -1.01. The van der Waals surface area contributed by atoms with Crippen LogP contribution in [0.25, 0.3) is 0 Å². The van der Waals surface area contributed by atoms with E-state index < -0.39 is 18.0 Å². The first-order valence-electron chi connectivity index (χ1n) is 5.49. The Bertz CT molecular complexity index is 499. The number of hydrogen-bond acceptors (Lipinski definition) is 4. The van der Waals surface area contributed by atoms with E-state index in [1.807, 2.05) is 0 Å². The van der Waals surface area contributed by atoms with Crippen LogP contribution in [-0.2, 0) is 4.79 Å². The van der Waals surface area contributed by atoms with Gasteiger partial charge in [0.1, 0.15) is 11.9 Å². The highest BCUT2D eigenvalue weighted by atomic mass is 16.5. The topological polar surface area (TPSA) is 95.9 Å². The lowest BCUT2D eigenvalue weighted by atomic mass is 10.1. The van der Waals surface area contributed by atoms with Gasteiger partial charge in [-0.05, 0) is 25.1 Å². The van der Waals surface area contributed by atoms with E-state index in [4.69, 9.17) is 14.9 Å². The molecule has 3 N–H and O–H groups in total. The van der Waals surface area contributed by atoms with Crippen LogP contribution in [0, 0.1) is 0 Å². The van der Waals surface area contributed by atoms with Gasteiger partial charge < -0.3 is 20.3 Å². The molecule has 1 aliphatic heterocycles. The molecule has 0 aromatic heterocycles. The van der Waals surface area contributed by atoms with E-state index in [-0.39, 0.29) is 18.0 Å². The Balaban J connectivity index is 2.25. The summed E-state index contributed by atoms with van der Waals surface area (Å²) in [5.41, 5.74) is 0.734. The van der Waals surface area contributed by atoms with Crippen molar-refractivity contribution in [3.8, 4) is 5.75 Å². The fraction of sp³-hybridized carbons (Fsp3) is 0.333. The molecule has 6 nitrogen and oxygen atoms in total. The number of aliphatic carboxylic acids is 1. The van der Waals surface area contributed by atoms with Gasteiger partial charge in [-0.25, -0.2) is 4.79 Å². The lowest BCUT2D eigenvalue weighted by Gasteiger charge is -2.32. The number of rotatable bonds is 3. The lowest BCUT2D eigenvalue weighted by molar-refractivity contribution is -0.139. The van der Waals surface area contributed by atoms with Crippen molar-refractivity contribution in [3.63, 3.8) is 0 Å². The van der Waals surface area contributed by atoms with Crippen molar-refractivity contribution in [1.29, 1.82) is 0 Å². The molecule has 1 aromatic rings. The van der Waals surface area contributed by atoms with Crippen molar-refractivity contribution in [2.45, 2.75) is 25.5 Å². The van der Waals surface area contributed by atoms with Crippen LogP contribution < -0.4 is 10.1 Å². The smallest absolute Gasteiger partial charge is 0.335 e. The molecule has 0 bridgehead atoms. The average Bonchev–Trinajstić information content (AvgIpc) is 2.28. The van der Waals surface area contributed by atoms with E-state index in [9.17, 15) is 9.59 Å². The second-order valence-corrected chi connectivity index (χ2v) is 4.20. The number of ether oxygens (including phenoxy) is 1. The minimum Gasteiger partial charge on any atom is -0.486 e. The van der Waals surface area contributed by atoms with Gasteiger partial charge in [-0.1, -0.05) is 0 Å². The fourth-order valence-corrected chi connectivity index (χ4v) is 1.87. The van der Waals surface area contributed by atoms with E-state index in [2.05, 4.69) is 5.32 Å². The van der Waals surface area contributed by atoms with Crippen molar-refractivity contribution in [2.24, 2.45) is 0 Å². The summed E-state index contributed by atoms with van der Waals surface area (Å²) >= 11 is 0.